The molecule has 0 aliphatic carbocycles. The Labute approximate surface area is 144 Å². The molecule has 0 unspecified atom stereocenters. The molecular weight excluding hydrogens is 316 g/mol. The number of benzene rings is 2. The van der Waals surface area contributed by atoms with Crippen molar-refractivity contribution in [2.24, 2.45) is 0 Å². The Kier molecular flexibility index (Phi) is 4.67. The highest BCUT2D eigenvalue weighted by Crippen LogP contribution is 2.29. The van der Waals surface area contributed by atoms with Crippen LogP contribution in [0.1, 0.15) is 22.7 Å². The number of hydrogen-bond acceptors (Lipinski definition) is 5. The summed E-state index contributed by atoms with van der Waals surface area (Å²) in [6.45, 7) is 0. The lowest BCUT2D eigenvalue weighted by atomic mass is 9.99. The molecule has 25 heavy (non-hydrogen) atoms. The maximum absolute atomic E-state index is 10.9. The van der Waals surface area contributed by atoms with E-state index in [1.54, 1.807) is 18.5 Å². The van der Waals surface area contributed by atoms with Crippen LogP contribution in [0.4, 0.5) is 11.4 Å². The zero-order chi connectivity index (χ0) is 17.6. The van der Waals surface area contributed by atoms with Crippen molar-refractivity contribution in [2.75, 3.05) is 5.32 Å². The largest absolute Gasteiger partial charge is 0.373 e. The Morgan fingerprint density at radius 2 is 1.72 bits per heavy atom. The number of pyridine rings is 1. The first-order valence-electron chi connectivity index (χ1n) is 7.59. The van der Waals surface area contributed by atoms with E-state index >= 15 is 0 Å². The van der Waals surface area contributed by atoms with Gasteiger partial charge in [0.1, 0.15) is 6.07 Å². The third-order valence-corrected chi connectivity index (χ3v) is 3.81. The number of nitrogens with zero attached hydrogens (tertiary/aromatic N) is 3. The summed E-state index contributed by atoms with van der Waals surface area (Å²) in [7, 11) is 0. The third kappa shape index (κ3) is 3.62. The zero-order valence-electron chi connectivity index (χ0n) is 13.2. The number of non-ortho nitro benzene ring substituents is 1. The van der Waals surface area contributed by atoms with Gasteiger partial charge < -0.3 is 5.32 Å². The lowest BCUT2D eigenvalue weighted by molar-refractivity contribution is -0.384. The van der Waals surface area contributed by atoms with Crippen molar-refractivity contribution in [3.8, 4) is 6.07 Å². The molecule has 3 rings (SSSR count). The van der Waals surface area contributed by atoms with Gasteiger partial charge in [0.25, 0.3) is 5.69 Å². The Balaban J connectivity index is 2.02. The summed E-state index contributed by atoms with van der Waals surface area (Å²) in [5, 5.41) is 23.6. The second-order valence-electron chi connectivity index (χ2n) is 5.37. The fourth-order valence-electron chi connectivity index (χ4n) is 2.58. The number of rotatable bonds is 5. The van der Waals surface area contributed by atoms with Crippen LogP contribution in [-0.2, 0) is 0 Å². The molecule has 0 amide bonds. The molecule has 1 aromatic heterocycles. The smallest absolute Gasteiger partial charge is 0.270 e. The molecule has 0 spiro atoms. The van der Waals surface area contributed by atoms with Gasteiger partial charge in [-0.25, -0.2) is 0 Å². The summed E-state index contributed by atoms with van der Waals surface area (Å²) in [6.07, 6.45) is 3.40. The van der Waals surface area contributed by atoms with E-state index in [1.165, 1.54) is 12.1 Å². The van der Waals surface area contributed by atoms with Crippen molar-refractivity contribution in [1.82, 2.24) is 4.98 Å². The van der Waals surface area contributed by atoms with Crippen molar-refractivity contribution < 1.29 is 4.92 Å². The summed E-state index contributed by atoms with van der Waals surface area (Å²) < 4.78 is 0. The highest BCUT2D eigenvalue weighted by atomic mass is 16.6. The van der Waals surface area contributed by atoms with Gasteiger partial charge in [0.15, 0.2) is 0 Å². The van der Waals surface area contributed by atoms with Gasteiger partial charge in [0.2, 0.25) is 0 Å². The summed E-state index contributed by atoms with van der Waals surface area (Å²) in [4.78, 5) is 14.4. The highest BCUT2D eigenvalue weighted by Gasteiger charge is 2.17. The van der Waals surface area contributed by atoms with Gasteiger partial charge in [-0.15, -0.1) is 0 Å². The van der Waals surface area contributed by atoms with E-state index in [-0.39, 0.29) is 17.3 Å². The average molecular weight is 330 g/mol. The first-order chi connectivity index (χ1) is 12.2. The number of anilines is 1. The maximum Gasteiger partial charge on any atom is 0.270 e. The standard InChI is InChI=1S/C19H14N4O2/c20-13-16-12-17(23(24)25)6-7-18(16)22-19(14-4-2-1-3-5-14)15-8-10-21-11-9-15/h1-12,19,22H/t19-/m0/s1. The van der Waals surface area contributed by atoms with Gasteiger partial charge in [0, 0.05) is 24.5 Å². The molecule has 6 nitrogen and oxygen atoms in total. The Bertz CT molecular complexity index is 882. The van der Waals surface area contributed by atoms with Gasteiger partial charge in [-0.05, 0) is 29.3 Å². The Hall–Kier alpha value is -3.72. The summed E-state index contributed by atoms with van der Waals surface area (Å²) in [5.41, 5.74) is 2.64. The van der Waals surface area contributed by atoms with Gasteiger partial charge in [-0.2, -0.15) is 5.26 Å². The van der Waals surface area contributed by atoms with Crippen LogP contribution in [0.3, 0.4) is 0 Å². The molecule has 2 aromatic carbocycles. The quantitative estimate of drug-likeness (QED) is 0.562. The number of nitro benzene ring substituents is 1. The van der Waals surface area contributed by atoms with E-state index in [1.807, 2.05) is 48.5 Å². The minimum absolute atomic E-state index is 0.109. The second-order valence-corrected chi connectivity index (χ2v) is 5.37. The molecule has 0 saturated carbocycles. The van der Waals surface area contributed by atoms with Crippen LogP contribution >= 0.6 is 0 Å². The predicted molar refractivity (Wildman–Crippen MR) is 94.0 cm³/mol. The van der Waals surface area contributed by atoms with Crippen LogP contribution in [0.5, 0.6) is 0 Å². The molecule has 1 heterocycles. The summed E-state index contributed by atoms with van der Waals surface area (Å²) in [6, 6.07) is 19.6. The molecule has 3 aromatic rings. The third-order valence-electron chi connectivity index (χ3n) is 3.81. The molecule has 6 heteroatoms. The van der Waals surface area contributed by atoms with Gasteiger partial charge in [0.05, 0.1) is 22.2 Å². The Morgan fingerprint density at radius 3 is 2.36 bits per heavy atom. The molecule has 0 aliphatic rings. The molecule has 0 radical (unpaired) electrons. The second kappa shape index (κ2) is 7.23. The summed E-state index contributed by atoms with van der Waals surface area (Å²) >= 11 is 0. The first-order valence-corrected chi connectivity index (χ1v) is 7.59. The number of nitriles is 1. The summed E-state index contributed by atoms with van der Waals surface area (Å²) in [5.74, 6) is 0. The molecule has 0 saturated heterocycles. The minimum atomic E-state index is -0.512. The molecule has 0 bridgehead atoms. The van der Waals surface area contributed by atoms with Crippen LogP contribution in [-0.4, -0.2) is 9.91 Å². The van der Waals surface area contributed by atoms with Crippen LogP contribution < -0.4 is 5.32 Å². The lowest BCUT2D eigenvalue weighted by Gasteiger charge is -2.21. The Morgan fingerprint density at radius 1 is 1.04 bits per heavy atom. The van der Waals surface area contributed by atoms with Crippen LogP contribution in [0.25, 0.3) is 0 Å². The van der Waals surface area contributed by atoms with Crippen molar-refractivity contribution >= 4 is 11.4 Å². The molecule has 1 N–H and O–H groups in total. The van der Waals surface area contributed by atoms with Crippen molar-refractivity contribution in [3.05, 3.63) is 99.9 Å². The topological polar surface area (TPSA) is 91.8 Å². The van der Waals surface area contributed by atoms with E-state index in [4.69, 9.17) is 0 Å². The normalized spacial score (nSPS) is 11.3. The monoisotopic (exact) mass is 330 g/mol. The molecule has 0 fully saturated rings. The van der Waals surface area contributed by atoms with E-state index in [0.717, 1.165) is 11.1 Å². The first kappa shape index (κ1) is 16.1. The van der Waals surface area contributed by atoms with E-state index < -0.39 is 4.92 Å². The van der Waals surface area contributed by atoms with E-state index in [2.05, 4.69) is 10.3 Å². The SMILES string of the molecule is N#Cc1cc([N+](=O)[O-])ccc1N[C@@H](c1ccccc1)c1ccncc1. The fraction of sp³-hybridized carbons (Fsp3) is 0.0526. The van der Waals surface area contributed by atoms with Crippen molar-refractivity contribution in [3.63, 3.8) is 0 Å². The lowest BCUT2D eigenvalue weighted by Crippen LogP contribution is -2.13. The van der Waals surface area contributed by atoms with Crippen molar-refractivity contribution in [1.29, 1.82) is 5.26 Å². The number of nitro groups is 1. The average Bonchev–Trinajstić information content (AvgIpc) is 2.67. The van der Waals surface area contributed by atoms with Crippen LogP contribution in [0, 0.1) is 21.4 Å². The zero-order valence-corrected chi connectivity index (χ0v) is 13.2. The molecule has 1 atom stereocenters. The van der Waals surface area contributed by atoms with Crippen LogP contribution in [0.15, 0.2) is 73.1 Å². The predicted octanol–water partition coefficient (Wildman–Crippen LogP) is 4.06. The maximum atomic E-state index is 10.9. The van der Waals surface area contributed by atoms with Gasteiger partial charge in [-0.3, -0.25) is 15.1 Å². The van der Waals surface area contributed by atoms with Gasteiger partial charge >= 0.3 is 0 Å². The number of aromatic nitrogens is 1. The van der Waals surface area contributed by atoms with Crippen molar-refractivity contribution in [2.45, 2.75) is 6.04 Å². The minimum Gasteiger partial charge on any atom is -0.373 e. The number of hydrogen-bond donors (Lipinski definition) is 1. The van der Waals surface area contributed by atoms with E-state index in [0.29, 0.717) is 5.69 Å². The molecule has 0 aliphatic heterocycles. The molecular formula is C19H14N4O2. The molecule has 122 valence electrons. The van der Waals surface area contributed by atoms with E-state index in [9.17, 15) is 15.4 Å². The number of nitrogens with one attached hydrogen (secondary N) is 1. The van der Waals surface area contributed by atoms with Crippen LogP contribution in [0.2, 0.25) is 0 Å². The van der Waals surface area contributed by atoms with Gasteiger partial charge in [-0.1, -0.05) is 30.3 Å². The highest BCUT2D eigenvalue weighted by molar-refractivity contribution is 5.63. The fourth-order valence-corrected chi connectivity index (χ4v) is 2.58.